The normalized spacial score (nSPS) is 16.8. The average Bonchev–Trinajstić information content (AvgIpc) is 2.52. The smallest absolute Gasteiger partial charge is 0.161 e. The molecule has 3 nitrogen and oxygen atoms in total. The molecule has 3 heteroatoms. The van der Waals surface area contributed by atoms with Crippen LogP contribution in [0.3, 0.4) is 0 Å². The summed E-state index contributed by atoms with van der Waals surface area (Å²) in [5, 5.41) is 0. The van der Waals surface area contributed by atoms with E-state index in [1.807, 2.05) is 24.3 Å². The van der Waals surface area contributed by atoms with Gasteiger partial charge in [0.25, 0.3) is 0 Å². The number of likely N-dealkylation sites (N-methyl/N-ethyl adjacent to an activating group) is 1. The molecule has 0 spiro atoms. The summed E-state index contributed by atoms with van der Waals surface area (Å²) in [6, 6.07) is 14.3. The minimum Gasteiger partial charge on any atom is -0.486 e. The van der Waals surface area contributed by atoms with E-state index in [-0.39, 0.29) is 6.10 Å². The van der Waals surface area contributed by atoms with E-state index in [4.69, 9.17) is 9.47 Å². The predicted octanol–water partition coefficient (Wildman–Crippen LogP) is 3.58. The van der Waals surface area contributed by atoms with Gasteiger partial charge in [0.2, 0.25) is 0 Å². The lowest BCUT2D eigenvalue weighted by Gasteiger charge is -2.29. The van der Waals surface area contributed by atoms with Crippen molar-refractivity contribution >= 4 is 0 Å². The Balaban J connectivity index is 1.61. The van der Waals surface area contributed by atoms with Crippen molar-refractivity contribution in [1.82, 2.24) is 4.90 Å². The van der Waals surface area contributed by atoms with Crippen LogP contribution >= 0.6 is 0 Å². The maximum Gasteiger partial charge on any atom is 0.161 e. The Morgan fingerprint density at radius 2 is 1.82 bits per heavy atom. The summed E-state index contributed by atoms with van der Waals surface area (Å²) in [5.74, 6) is 1.69. The molecule has 0 aliphatic carbocycles. The number of rotatable bonds is 4. The fraction of sp³-hybridized carbons (Fsp3) is 0.368. The van der Waals surface area contributed by atoms with Crippen molar-refractivity contribution in [2.24, 2.45) is 0 Å². The molecule has 1 heterocycles. The zero-order valence-corrected chi connectivity index (χ0v) is 13.5. The van der Waals surface area contributed by atoms with Crippen LogP contribution in [0, 0.1) is 13.8 Å². The van der Waals surface area contributed by atoms with Crippen LogP contribution in [-0.2, 0) is 6.54 Å². The van der Waals surface area contributed by atoms with E-state index in [1.165, 1.54) is 16.7 Å². The Morgan fingerprint density at radius 1 is 1.05 bits per heavy atom. The van der Waals surface area contributed by atoms with Gasteiger partial charge in [0.05, 0.1) is 0 Å². The molecule has 0 fully saturated rings. The van der Waals surface area contributed by atoms with Crippen LogP contribution in [-0.4, -0.2) is 31.2 Å². The summed E-state index contributed by atoms with van der Waals surface area (Å²) in [6.45, 7) is 6.73. The Kier molecular flexibility index (Phi) is 4.34. The summed E-state index contributed by atoms with van der Waals surface area (Å²) in [6.07, 6.45) is 0.0741. The van der Waals surface area contributed by atoms with Gasteiger partial charge >= 0.3 is 0 Å². The summed E-state index contributed by atoms with van der Waals surface area (Å²) < 4.78 is 11.8. The zero-order valence-electron chi connectivity index (χ0n) is 13.5. The number of para-hydroxylation sites is 2. The maximum atomic E-state index is 6.03. The third kappa shape index (κ3) is 3.25. The number of aryl methyl sites for hydroxylation is 1. The number of fused-ring (bicyclic) bond motifs is 1. The second-order valence-electron chi connectivity index (χ2n) is 6.05. The molecular weight excluding hydrogens is 274 g/mol. The second-order valence-corrected chi connectivity index (χ2v) is 6.05. The Morgan fingerprint density at radius 3 is 2.64 bits per heavy atom. The molecule has 3 rings (SSSR count). The third-order valence-electron chi connectivity index (χ3n) is 4.24. The fourth-order valence-electron chi connectivity index (χ4n) is 2.84. The van der Waals surface area contributed by atoms with Crippen LogP contribution in [0.25, 0.3) is 0 Å². The van der Waals surface area contributed by atoms with E-state index in [9.17, 15) is 0 Å². The first-order chi connectivity index (χ1) is 10.6. The lowest BCUT2D eigenvalue weighted by molar-refractivity contribution is 0.0637. The summed E-state index contributed by atoms with van der Waals surface area (Å²) in [4.78, 5) is 2.30. The van der Waals surface area contributed by atoms with Crippen LogP contribution in [0.4, 0.5) is 0 Å². The van der Waals surface area contributed by atoms with Gasteiger partial charge in [-0.1, -0.05) is 30.3 Å². The fourth-order valence-corrected chi connectivity index (χ4v) is 2.84. The SMILES string of the molecule is Cc1cccc(CN(C)CC2COc3ccccc3O2)c1C. The van der Waals surface area contributed by atoms with Crippen LogP contribution < -0.4 is 9.47 Å². The molecule has 2 aromatic rings. The molecule has 1 atom stereocenters. The molecule has 0 amide bonds. The second kappa shape index (κ2) is 6.41. The number of nitrogens with zero attached hydrogens (tertiary/aromatic N) is 1. The summed E-state index contributed by atoms with van der Waals surface area (Å²) in [5.41, 5.74) is 4.09. The first-order valence-corrected chi connectivity index (χ1v) is 7.75. The Labute approximate surface area is 132 Å². The van der Waals surface area contributed by atoms with Gasteiger partial charge < -0.3 is 9.47 Å². The van der Waals surface area contributed by atoms with Crippen molar-refractivity contribution in [2.75, 3.05) is 20.2 Å². The molecule has 0 aromatic heterocycles. The molecule has 22 heavy (non-hydrogen) atoms. The highest BCUT2D eigenvalue weighted by Crippen LogP contribution is 2.31. The first-order valence-electron chi connectivity index (χ1n) is 7.75. The Hall–Kier alpha value is -2.00. The van der Waals surface area contributed by atoms with E-state index in [1.54, 1.807) is 0 Å². The molecule has 1 aliphatic rings. The van der Waals surface area contributed by atoms with Crippen LogP contribution in [0.5, 0.6) is 11.5 Å². The predicted molar refractivity (Wildman–Crippen MR) is 88.6 cm³/mol. The van der Waals surface area contributed by atoms with Crippen molar-refractivity contribution in [3.8, 4) is 11.5 Å². The van der Waals surface area contributed by atoms with Gasteiger partial charge in [0.1, 0.15) is 12.7 Å². The van der Waals surface area contributed by atoms with E-state index >= 15 is 0 Å². The number of ether oxygens (including phenoxy) is 2. The zero-order chi connectivity index (χ0) is 15.5. The molecule has 116 valence electrons. The molecule has 0 N–H and O–H groups in total. The quantitative estimate of drug-likeness (QED) is 0.861. The average molecular weight is 297 g/mol. The van der Waals surface area contributed by atoms with E-state index in [2.05, 4.69) is 44.0 Å². The first kappa shape index (κ1) is 14.9. The van der Waals surface area contributed by atoms with Gasteiger partial charge in [0.15, 0.2) is 11.5 Å². The lowest BCUT2D eigenvalue weighted by Crippen LogP contribution is -2.39. The van der Waals surface area contributed by atoms with Crippen molar-refractivity contribution in [1.29, 1.82) is 0 Å². The highest BCUT2D eigenvalue weighted by atomic mass is 16.6. The lowest BCUT2D eigenvalue weighted by atomic mass is 10.0. The van der Waals surface area contributed by atoms with Crippen molar-refractivity contribution in [3.63, 3.8) is 0 Å². The molecule has 0 saturated heterocycles. The topological polar surface area (TPSA) is 21.7 Å². The largest absolute Gasteiger partial charge is 0.486 e. The van der Waals surface area contributed by atoms with Gasteiger partial charge in [-0.15, -0.1) is 0 Å². The van der Waals surface area contributed by atoms with Gasteiger partial charge in [-0.25, -0.2) is 0 Å². The molecule has 0 radical (unpaired) electrons. The highest BCUT2D eigenvalue weighted by molar-refractivity contribution is 5.40. The maximum absolute atomic E-state index is 6.03. The number of benzene rings is 2. The number of hydrogen-bond acceptors (Lipinski definition) is 3. The van der Waals surface area contributed by atoms with Crippen LogP contribution in [0.15, 0.2) is 42.5 Å². The van der Waals surface area contributed by atoms with Gasteiger partial charge in [0, 0.05) is 13.1 Å². The minimum absolute atomic E-state index is 0.0741. The number of hydrogen-bond donors (Lipinski definition) is 0. The Bertz CT molecular complexity index is 654. The van der Waals surface area contributed by atoms with Crippen LogP contribution in [0.1, 0.15) is 16.7 Å². The van der Waals surface area contributed by atoms with Crippen LogP contribution in [0.2, 0.25) is 0 Å². The van der Waals surface area contributed by atoms with E-state index in [0.29, 0.717) is 6.61 Å². The van der Waals surface area contributed by atoms with E-state index in [0.717, 1.165) is 24.6 Å². The summed E-state index contributed by atoms with van der Waals surface area (Å²) in [7, 11) is 2.13. The standard InChI is InChI=1S/C19H23NO2/c1-14-7-6-8-16(15(14)2)11-20(3)12-17-13-21-18-9-4-5-10-19(18)22-17/h4-10,17H,11-13H2,1-3H3. The molecule has 1 unspecified atom stereocenters. The molecule has 0 saturated carbocycles. The van der Waals surface area contributed by atoms with Gasteiger partial charge in [-0.2, -0.15) is 0 Å². The summed E-state index contributed by atoms with van der Waals surface area (Å²) >= 11 is 0. The molecule has 2 aromatic carbocycles. The molecular formula is C19H23NO2. The van der Waals surface area contributed by atoms with Crippen molar-refractivity contribution < 1.29 is 9.47 Å². The van der Waals surface area contributed by atoms with E-state index < -0.39 is 0 Å². The highest BCUT2D eigenvalue weighted by Gasteiger charge is 2.22. The monoisotopic (exact) mass is 297 g/mol. The molecule has 1 aliphatic heterocycles. The molecule has 0 bridgehead atoms. The van der Waals surface area contributed by atoms with Gasteiger partial charge in [-0.05, 0) is 49.7 Å². The van der Waals surface area contributed by atoms with Crippen molar-refractivity contribution in [3.05, 3.63) is 59.2 Å². The van der Waals surface area contributed by atoms with Gasteiger partial charge in [-0.3, -0.25) is 4.90 Å². The van der Waals surface area contributed by atoms with Crippen molar-refractivity contribution in [2.45, 2.75) is 26.5 Å². The third-order valence-corrected chi connectivity index (χ3v) is 4.24. The minimum atomic E-state index is 0.0741.